The molecule has 5 heteroatoms. The first-order chi connectivity index (χ1) is 11.5. The molecule has 0 radical (unpaired) electrons. The number of aryl methyl sites for hydroxylation is 2. The predicted molar refractivity (Wildman–Crippen MR) is 95.0 cm³/mol. The van der Waals surface area contributed by atoms with E-state index in [-0.39, 0.29) is 11.8 Å². The van der Waals surface area contributed by atoms with Crippen molar-refractivity contribution in [3.05, 3.63) is 29.3 Å². The number of hydrogen-bond donors (Lipinski definition) is 0. The van der Waals surface area contributed by atoms with Gasteiger partial charge in [0.1, 0.15) is 5.71 Å². The van der Waals surface area contributed by atoms with Crippen LogP contribution in [0, 0.1) is 19.8 Å². The topological polar surface area (TPSA) is 53.0 Å². The lowest BCUT2D eigenvalue weighted by Gasteiger charge is -2.32. The third kappa shape index (κ3) is 3.35. The molecule has 1 aromatic rings. The summed E-state index contributed by atoms with van der Waals surface area (Å²) < 4.78 is 0. The van der Waals surface area contributed by atoms with Crippen molar-refractivity contribution in [1.82, 2.24) is 4.90 Å². The zero-order valence-corrected chi connectivity index (χ0v) is 14.7. The fourth-order valence-corrected chi connectivity index (χ4v) is 3.24. The Morgan fingerprint density at radius 2 is 1.88 bits per heavy atom. The summed E-state index contributed by atoms with van der Waals surface area (Å²) >= 11 is 0. The summed E-state index contributed by atoms with van der Waals surface area (Å²) in [6.07, 6.45) is 2.85. The Bertz CT molecular complexity index is 688. The zero-order valence-electron chi connectivity index (χ0n) is 14.7. The minimum absolute atomic E-state index is 0.00953. The lowest BCUT2D eigenvalue weighted by Crippen LogP contribution is -2.44. The molecule has 0 bridgehead atoms. The molecule has 0 unspecified atom stereocenters. The van der Waals surface area contributed by atoms with Gasteiger partial charge in [-0.25, -0.2) is 5.01 Å². The number of nitrogens with zero attached hydrogens (tertiary/aromatic N) is 3. The van der Waals surface area contributed by atoms with Crippen LogP contribution in [0.5, 0.6) is 0 Å². The molecule has 1 aromatic carbocycles. The van der Waals surface area contributed by atoms with Gasteiger partial charge in [0.25, 0.3) is 5.91 Å². The Kier molecular flexibility index (Phi) is 4.69. The predicted octanol–water partition coefficient (Wildman–Crippen LogP) is 3.04. The molecule has 0 spiro atoms. The minimum atomic E-state index is -0.0486. The summed E-state index contributed by atoms with van der Waals surface area (Å²) in [5.41, 5.74) is 3.34. The van der Waals surface area contributed by atoms with Crippen LogP contribution in [0.3, 0.4) is 0 Å². The number of likely N-dealkylation sites (tertiary alicyclic amines) is 1. The van der Waals surface area contributed by atoms with Crippen LogP contribution in [0.4, 0.5) is 5.69 Å². The molecule has 5 nitrogen and oxygen atoms in total. The largest absolute Gasteiger partial charge is 0.338 e. The molecular weight excluding hydrogens is 302 g/mol. The van der Waals surface area contributed by atoms with Gasteiger partial charge in [0.15, 0.2) is 0 Å². The maximum atomic E-state index is 12.8. The Labute approximate surface area is 143 Å². The molecule has 2 heterocycles. The maximum Gasteiger partial charge on any atom is 0.270 e. The van der Waals surface area contributed by atoms with E-state index in [1.165, 1.54) is 5.01 Å². The van der Waals surface area contributed by atoms with Crippen LogP contribution in [0.25, 0.3) is 0 Å². The lowest BCUT2D eigenvalue weighted by atomic mass is 9.98. The van der Waals surface area contributed by atoms with E-state index >= 15 is 0 Å². The zero-order chi connectivity index (χ0) is 17.3. The van der Waals surface area contributed by atoms with Gasteiger partial charge in [-0.1, -0.05) is 19.1 Å². The van der Waals surface area contributed by atoms with Crippen LogP contribution >= 0.6 is 0 Å². The molecular formula is C19H25N3O2. The number of benzene rings is 1. The first kappa shape index (κ1) is 16.7. The minimum Gasteiger partial charge on any atom is -0.338 e. The molecule has 1 fully saturated rings. The van der Waals surface area contributed by atoms with Gasteiger partial charge < -0.3 is 4.90 Å². The highest BCUT2D eigenvalue weighted by atomic mass is 16.2. The van der Waals surface area contributed by atoms with Crippen molar-refractivity contribution < 1.29 is 9.59 Å². The highest BCUT2D eigenvalue weighted by Crippen LogP contribution is 2.26. The van der Waals surface area contributed by atoms with Crippen LogP contribution in [-0.4, -0.2) is 35.5 Å². The normalized spacial score (nSPS) is 19.5. The molecule has 0 saturated carbocycles. The maximum absolute atomic E-state index is 12.8. The van der Waals surface area contributed by atoms with E-state index in [1.54, 1.807) is 0 Å². The van der Waals surface area contributed by atoms with Crippen LogP contribution in [0.1, 0.15) is 43.7 Å². The average molecular weight is 327 g/mol. The van der Waals surface area contributed by atoms with Gasteiger partial charge in [0.2, 0.25) is 5.91 Å². The molecule has 2 aliphatic rings. The van der Waals surface area contributed by atoms with Crippen LogP contribution in [0.2, 0.25) is 0 Å². The van der Waals surface area contributed by atoms with E-state index in [4.69, 9.17) is 0 Å². The number of carbonyl (C=O) groups excluding carboxylic acids is 2. The molecule has 0 aliphatic carbocycles. The van der Waals surface area contributed by atoms with Crippen molar-refractivity contribution in [1.29, 1.82) is 0 Å². The lowest BCUT2D eigenvalue weighted by molar-refractivity contribution is -0.125. The van der Waals surface area contributed by atoms with E-state index in [2.05, 4.69) is 12.0 Å². The van der Waals surface area contributed by atoms with E-state index < -0.39 is 0 Å². The summed E-state index contributed by atoms with van der Waals surface area (Å²) in [4.78, 5) is 27.0. The fraction of sp³-hybridized carbons (Fsp3) is 0.526. The summed E-state index contributed by atoms with van der Waals surface area (Å²) in [7, 11) is 0. The summed E-state index contributed by atoms with van der Waals surface area (Å²) in [5, 5.41) is 5.86. The molecule has 0 atom stereocenters. The second-order valence-electron chi connectivity index (χ2n) is 7.02. The smallest absolute Gasteiger partial charge is 0.270 e. The van der Waals surface area contributed by atoms with Crippen molar-refractivity contribution >= 4 is 23.2 Å². The van der Waals surface area contributed by atoms with E-state index in [0.29, 0.717) is 24.5 Å². The van der Waals surface area contributed by atoms with Crippen LogP contribution in [0.15, 0.2) is 23.3 Å². The van der Waals surface area contributed by atoms with Gasteiger partial charge in [0, 0.05) is 25.9 Å². The molecule has 0 N–H and O–H groups in total. The second-order valence-corrected chi connectivity index (χ2v) is 7.02. The quantitative estimate of drug-likeness (QED) is 0.838. The van der Waals surface area contributed by atoms with Gasteiger partial charge in [-0.3, -0.25) is 9.59 Å². The van der Waals surface area contributed by atoms with Crippen molar-refractivity contribution in [3.63, 3.8) is 0 Å². The highest BCUT2D eigenvalue weighted by Gasteiger charge is 2.30. The number of hydrazone groups is 1. The summed E-state index contributed by atoms with van der Waals surface area (Å²) in [6, 6.07) is 5.94. The number of hydrogen-bond acceptors (Lipinski definition) is 3. The Morgan fingerprint density at radius 1 is 1.17 bits per heavy atom. The first-order valence-corrected chi connectivity index (χ1v) is 8.72. The molecule has 2 amide bonds. The van der Waals surface area contributed by atoms with E-state index in [9.17, 15) is 9.59 Å². The van der Waals surface area contributed by atoms with Crippen LogP contribution < -0.4 is 5.01 Å². The number of piperidine rings is 1. The van der Waals surface area contributed by atoms with E-state index in [0.717, 1.165) is 42.7 Å². The SMILES string of the molecule is Cc1ccc(C)c(N2N=C(C(=O)N3CCC(C)CC3)CCC2=O)c1. The highest BCUT2D eigenvalue weighted by molar-refractivity contribution is 6.40. The average Bonchev–Trinajstić information content (AvgIpc) is 2.58. The molecule has 0 aromatic heterocycles. The summed E-state index contributed by atoms with van der Waals surface area (Å²) in [5.74, 6) is 0.618. The third-order valence-corrected chi connectivity index (χ3v) is 4.94. The van der Waals surface area contributed by atoms with Crippen molar-refractivity contribution in [3.8, 4) is 0 Å². The Hall–Kier alpha value is -2.17. The standard InChI is InChI=1S/C19H25N3O2/c1-13-8-10-21(11-9-13)19(24)16-6-7-18(23)22(20-16)17-12-14(2)4-5-15(17)3/h4-5,12-13H,6-11H2,1-3H3. The van der Waals surface area contributed by atoms with Crippen LogP contribution in [-0.2, 0) is 9.59 Å². The first-order valence-electron chi connectivity index (χ1n) is 8.72. The third-order valence-electron chi connectivity index (χ3n) is 4.94. The molecule has 24 heavy (non-hydrogen) atoms. The number of amides is 2. The Balaban J connectivity index is 1.85. The van der Waals surface area contributed by atoms with Gasteiger partial charge in [-0.15, -0.1) is 0 Å². The van der Waals surface area contributed by atoms with E-state index in [1.807, 2.05) is 36.9 Å². The fourth-order valence-electron chi connectivity index (χ4n) is 3.24. The van der Waals surface area contributed by atoms with Gasteiger partial charge in [-0.05, 0) is 49.8 Å². The number of carbonyl (C=O) groups is 2. The van der Waals surface area contributed by atoms with Gasteiger partial charge in [0.05, 0.1) is 5.69 Å². The van der Waals surface area contributed by atoms with Crippen molar-refractivity contribution in [2.24, 2.45) is 11.0 Å². The molecule has 128 valence electrons. The summed E-state index contributed by atoms with van der Waals surface area (Å²) in [6.45, 7) is 7.75. The number of rotatable bonds is 2. The molecule has 1 saturated heterocycles. The Morgan fingerprint density at radius 3 is 2.58 bits per heavy atom. The molecule has 2 aliphatic heterocycles. The van der Waals surface area contributed by atoms with Crippen molar-refractivity contribution in [2.45, 2.75) is 46.5 Å². The van der Waals surface area contributed by atoms with Crippen molar-refractivity contribution in [2.75, 3.05) is 18.1 Å². The second kappa shape index (κ2) is 6.75. The monoisotopic (exact) mass is 327 g/mol. The molecule has 3 rings (SSSR count). The van der Waals surface area contributed by atoms with Gasteiger partial charge >= 0.3 is 0 Å². The van der Waals surface area contributed by atoms with Gasteiger partial charge in [-0.2, -0.15) is 5.10 Å². The number of anilines is 1.